The van der Waals surface area contributed by atoms with Crippen molar-refractivity contribution < 1.29 is 14.7 Å². The number of carbonyl (C=O) groups is 2. The average molecular weight is 268 g/mol. The normalized spacial score (nSPS) is 16.4. The van der Waals surface area contributed by atoms with Gasteiger partial charge in [0.2, 0.25) is 0 Å². The van der Waals surface area contributed by atoms with Gasteiger partial charge < -0.3 is 15.7 Å². The van der Waals surface area contributed by atoms with Crippen LogP contribution in [-0.4, -0.2) is 29.7 Å². The van der Waals surface area contributed by atoms with Gasteiger partial charge in [-0.1, -0.05) is 25.0 Å². The molecule has 0 fully saturated rings. The number of carbonyl (C=O) groups excluding carboxylic acids is 1. The molecule has 0 radical (unpaired) electrons. The first kappa shape index (κ1) is 15.5. The highest BCUT2D eigenvalue weighted by molar-refractivity contribution is 5.82. The maximum absolute atomic E-state index is 11.6. The number of hydrogen-bond donors (Lipinski definition) is 3. The van der Waals surface area contributed by atoms with Gasteiger partial charge in [0.15, 0.2) is 0 Å². The molecule has 108 valence electrons. The third kappa shape index (κ3) is 6.27. The Morgan fingerprint density at radius 2 is 2.21 bits per heavy atom. The second-order valence-electron chi connectivity index (χ2n) is 4.94. The molecule has 0 aliphatic heterocycles. The van der Waals surface area contributed by atoms with Crippen molar-refractivity contribution in [3.8, 4) is 0 Å². The summed E-state index contributed by atoms with van der Waals surface area (Å²) in [6.07, 6.45) is 9.04. The van der Waals surface area contributed by atoms with E-state index < -0.39 is 18.0 Å². The minimum absolute atomic E-state index is 0.391. The molecular weight excluding hydrogens is 244 g/mol. The molecule has 3 N–H and O–H groups in total. The number of carboxylic acids is 1. The van der Waals surface area contributed by atoms with Crippen molar-refractivity contribution in [3.05, 3.63) is 11.6 Å². The first-order valence-electron chi connectivity index (χ1n) is 7.08. The Bertz CT molecular complexity index is 340. The van der Waals surface area contributed by atoms with Crippen LogP contribution in [0.5, 0.6) is 0 Å². The zero-order valence-electron chi connectivity index (χ0n) is 11.6. The van der Waals surface area contributed by atoms with E-state index in [1.165, 1.54) is 18.4 Å². The molecule has 0 aromatic heterocycles. The molecule has 0 aromatic carbocycles. The monoisotopic (exact) mass is 268 g/mol. The molecule has 2 amide bonds. The molecular formula is C14H24N2O3. The zero-order chi connectivity index (χ0) is 14.1. The lowest BCUT2D eigenvalue weighted by molar-refractivity contribution is -0.139. The van der Waals surface area contributed by atoms with Gasteiger partial charge in [-0.3, -0.25) is 0 Å². The predicted octanol–water partition coefficient (Wildman–Crippen LogP) is 2.43. The standard InChI is InChI=1S/C14H24N2O3/c1-2-6-12(13(17)18)16-14(19)15-10-9-11-7-4-3-5-8-11/h7,12H,2-6,8-10H2,1H3,(H,17,18)(H2,15,16,19)/t12-/m0/s1. The molecule has 0 spiro atoms. The van der Waals surface area contributed by atoms with Gasteiger partial charge in [0, 0.05) is 6.54 Å². The fourth-order valence-corrected chi connectivity index (χ4v) is 2.22. The molecule has 19 heavy (non-hydrogen) atoms. The smallest absolute Gasteiger partial charge is 0.326 e. The number of allylic oxidation sites excluding steroid dienone is 1. The largest absolute Gasteiger partial charge is 0.480 e. The van der Waals surface area contributed by atoms with Crippen molar-refractivity contribution in [1.82, 2.24) is 10.6 Å². The maximum Gasteiger partial charge on any atom is 0.326 e. The molecule has 0 heterocycles. The van der Waals surface area contributed by atoms with E-state index >= 15 is 0 Å². The Kier molecular flexibility index (Phi) is 7.00. The van der Waals surface area contributed by atoms with Gasteiger partial charge >= 0.3 is 12.0 Å². The molecule has 5 nitrogen and oxygen atoms in total. The molecule has 1 aliphatic carbocycles. The molecule has 0 aromatic rings. The first-order valence-corrected chi connectivity index (χ1v) is 7.08. The van der Waals surface area contributed by atoms with Gasteiger partial charge in [0.1, 0.15) is 6.04 Å². The summed E-state index contributed by atoms with van der Waals surface area (Å²) < 4.78 is 0. The first-order chi connectivity index (χ1) is 9.13. The molecule has 1 rings (SSSR count). The molecule has 0 bridgehead atoms. The number of rotatable bonds is 7. The number of urea groups is 1. The summed E-state index contributed by atoms with van der Waals surface area (Å²) in [7, 11) is 0. The van der Waals surface area contributed by atoms with Gasteiger partial charge in [-0.2, -0.15) is 0 Å². The third-order valence-electron chi connectivity index (χ3n) is 3.30. The van der Waals surface area contributed by atoms with E-state index in [1.807, 2.05) is 6.92 Å². The van der Waals surface area contributed by atoms with Crippen LogP contribution in [0.2, 0.25) is 0 Å². The summed E-state index contributed by atoms with van der Waals surface area (Å²) in [5, 5.41) is 14.1. The fraction of sp³-hybridized carbons (Fsp3) is 0.714. The van der Waals surface area contributed by atoms with Crippen molar-refractivity contribution in [2.75, 3.05) is 6.54 Å². The van der Waals surface area contributed by atoms with Gasteiger partial charge in [0.25, 0.3) is 0 Å². The number of carboxylic acid groups (broad SMARTS) is 1. The second kappa shape index (κ2) is 8.56. The second-order valence-corrected chi connectivity index (χ2v) is 4.94. The molecule has 0 saturated carbocycles. The fourth-order valence-electron chi connectivity index (χ4n) is 2.22. The van der Waals surface area contributed by atoms with Gasteiger partial charge in [-0.25, -0.2) is 9.59 Å². The van der Waals surface area contributed by atoms with Crippen molar-refractivity contribution >= 4 is 12.0 Å². The predicted molar refractivity (Wildman–Crippen MR) is 74.0 cm³/mol. The Hall–Kier alpha value is -1.52. The lowest BCUT2D eigenvalue weighted by atomic mass is 9.97. The third-order valence-corrected chi connectivity index (χ3v) is 3.30. The van der Waals surface area contributed by atoms with Crippen LogP contribution in [0, 0.1) is 0 Å². The van der Waals surface area contributed by atoms with E-state index in [1.54, 1.807) is 0 Å². The van der Waals surface area contributed by atoms with E-state index in [9.17, 15) is 9.59 Å². The lowest BCUT2D eigenvalue weighted by Crippen LogP contribution is -2.46. The topological polar surface area (TPSA) is 78.4 Å². The number of nitrogens with one attached hydrogen (secondary N) is 2. The molecule has 1 aliphatic rings. The van der Waals surface area contributed by atoms with Crippen LogP contribution in [0.1, 0.15) is 51.9 Å². The van der Waals surface area contributed by atoms with Crippen molar-refractivity contribution in [3.63, 3.8) is 0 Å². The van der Waals surface area contributed by atoms with Crippen LogP contribution < -0.4 is 10.6 Å². The molecule has 5 heteroatoms. The highest BCUT2D eigenvalue weighted by Gasteiger charge is 2.18. The van der Waals surface area contributed by atoms with Gasteiger partial charge in [-0.05, 0) is 38.5 Å². The Morgan fingerprint density at radius 3 is 2.79 bits per heavy atom. The van der Waals surface area contributed by atoms with Crippen molar-refractivity contribution in [2.45, 2.75) is 57.9 Å². The van der Waals surface area contributed by atoms with Crippen LogP contribution in [0.4, 0.5) is 4.79 Å². The van der Waals surface area contributed by atoms with E-state index in [0.29, 0.717) is 13.0 Å². The van der Waals surface area contributed by atoms with Crippen LogP contribution >= 0.6 is 0 Å². The highest BCUT2D eigenvalue weighted by Crippen LogP contribution is 2.19. The van der Waals surface area contributed by atoms with E-state index in [-0.39, 0.29) is 0 Å². The minimum atomic E-state index is -0.980. The Morgan fingerprint density at radius 1 is 1.42 bits per heavy atom. The molecule has 0 unspecified atom stereocenters. The Labute approximate surface area is 114 Å². The summed E-state index contributed by atoms with van der Waals surface area (Å²) in [6.45, 7) is 2.46. The van der Waals surface area contributed by atoms with Crippen LogP contribution in [-0.2, 0) is 4.79 Å². The number of hydrogen-bond acceptors (Lipinski definition) is 2. The Balaban J connectivity index is 2.22. The SMILES string of the molecule is CCC[C@H](NC(=O)NCCC1=CCCCC1)C(=O)O. The summed E-state index contributed by atoms with van der Waals surface area (Å²) >= 11 is 0. The summed E-state index contributed by atoms with van der Waals surface area (Å²) in [6, 6.07) is -1.18. The van der Waals surface area contributed by atoms with Crippen LogP contribution in [0.3, 0.4) is 0 Å². The molecule has 0 saturated heterocycles. The van der Waals surface area contributed by atoms with E-state index in [2.05, 4.69) is 16.7 Å². The number of aliphatic carboxylic acids is 1. The zero-order valence-corrected chi connectivity index (χ0v) is 11.6. The number of amides is 2. The summed E-state index contributed by atoms with van der Waals surface area (Å²) in [5.74, 6) is -0.980. The average Bonchev–Trinajstić information content (AvgIpc) is 2.39. The van der Waals surface area contributed by atoms with E-state index in [4.69, 9.17) is 5.11 Å². The van der Waals surface area contributed by atoms with Crippen molar-refractivity contribution in [2.24, 2.45) is 0 Å². The van der Waals surface area contributed by atoms with Crippen molar-refractivity contribution in [1.29, 1.82) is 0 Å². The summed E-state index contributed by atoms with van der Waals surface area (Å²) in [4.78, 5) is 22.5. The van der Waals surface area contributed by atoms with Crippen LogP contribution in [0.15, 0.2) is 11.6 Å². The quantitative estimate of drug-likeness (QED) is 0.620. The minimum Gasteiger partial charge on any atom is -0.480 e. The maximum atomic E-state index is 11.6. The van der Waals surface area contributed by atoms with E-state index in [0.717, 1.165) is 25.7 Å². The summed E-state index contributed by atoms with van der Waals surface area (Å²) in [5.41, 5.74) is 1.40. The molecule has 1 atom stereocenters. The van der Waals surface area contributed by atoms with Gasteiger partial charge in [-0.15, -0.1) is 0 Å². The van der Waals surface area contributed by atoms with Gasteiger partial charge in [0.05, 0.1) is 0 Å². The lowest BCUT2D eigenvalue weighted by Gasteiger charge is -2.15. The highest BCUT2D eigenvalue weighted by atomic mass is 16.4. The van der Waals surface area contributed by atoms with Crippen LogP contribution in [0.25, 0.3) is 0 Å².